The summed E-state index contributed by atoms with van der Waals surface area (Å²) in [4.78, 5) is 17.1. The van der Waals surface area contributed by atoms with Crippen LogP contribution in [0.2, 0.25) is 0 Å². The number of pyridine rings is 1. The third kappa shape index (κ3) is 3.66. The van der Waals surface area contributed by atoms with Gasteiger partial charge in [0.05, 0.1) is 28.9 Å². The van der Waals surface area contributed by atoms with E-state index in [0.29, 0.717) is 5.69 Å². The molecule has 0 aliphatic heterocycles. The maximum absolute atomic E-state index is 13.7. The first kappa shape index (κ1) is 20.4. The van der Waals surface area contributed by atoms with Crippen LogP contribution in [0.4, 0.5) is 13.2 Å². The lowest BCUT2D eigenvalue weighted by atomic mass is 10.1. The van der Waals surface area contributed by atoms with Crippen molar-refractivity contribution in [2.45, 2.75) is 58.3 Å². The third-order valence-corrected chi connectivity index (χ3v) is 5.61. The molecule has 1 fully saturated rings. The second-order valence-corrected chi connectivity index (χ2v) is 7.91. The number of carbonyl (C=O) groups is 1. The Morgan fingerprint density at radius 2 is 2.03 bits per heavy atom. The van der Waals surface area contributed by atoms with Crippen molar-refractivity contribution in [2.24, 2.45) is 7.05 Å². The van der Waals surface area contributed by atoms with Gasteiger partial charge in [-0.3, -0.25) is 9.48 Å². The van der Waals surface area contributed by atoms with E-state index in [-0.39, 0.29) is 41.1 Å². The van der Waals surface area contributed by atoms with E-state index in [0.717, 1.165) is 30.2 Å². The van der Waals surface area contributed by atoms with Crippen molar-refractivity contribution in [3.05, 3.63) is 40.5 Å². The van der Waals surface area contributed by atoms with Crippen LogP contribution in [-0.2, 0) is 24.6 Å². The lowest BCUT2D eigenvalue weighted by Crippen LogP contribution is -2.30. The summed E-state index contributed by atoms with van der Waals surface area (Å²) < 4.78 is 44.0. The van der Waals surface area contributed by atoms with Crippen LogP contribution in [0, 0.1) is 13.8 Å². The molecule has 0 aromatic carbocycles. The number of hydrogen-bond donors (Lipinski definition) is 1. The number of hydrogen-bond acceptors (Lipinski definition) is 4. The molecule has 160 valence electrons. The fourth-order valence-corrected chi connectivity index (χ4v) is 3.74. The quantitative estimate of drug-likeness (QED) is 0.685. The Morgan fingerprint density at radius 1 is 1.33 bits per heavy atom. The van der Waals surface area contributed by atoms with Gasteiger partial charge in [0, 0.05) is 29.9 Å². The Bertz CT molecular complexity index is 1130. The molecule has 0 bridgehead atoms. The van der Waals surface area contributed by atoms with Crippen LogP contribution in [-0.4, -0.2) is 30.5 Å². The van der Waals surface area contributed by atoms with Gasteiger partial charge in [-0.1, -0.05) is 0 Å². The second-order valence-electron chi connectivity index (χ2n) is 7.91. The molecule has 3 aromatic rings. The predicted octanol–water partition coefficient (Wildman–Crippen LogP) is 3.56. The van der Waals surface area contributed by atoms with Gasteiger partial charge in [0.15, 0.2) is 5.65 Å². The van der Waals surface area contributed by atoms with Gasteiger partial charge < -0.3 is 5.32 Å². The minimum absolute atomic E-state index is 0.0431. The van der Waals surface area contributed by atoms with Crippen LogP contribution < -0.4 is 5.32 Å². The minimum Gasteiger partial charge on any atom is -0.348 e. The van der Waals surface area contributed by atoms with Crippen molar-refractivity contribution in [1.29, 1.82) is 0 Å². The highest BCUT2D eigenvalue weighted by molar-refractivity contribution is 5.85. The summed E-state index contributed by atoms with van der Waals surface area (Å²) in [7, 11) is 1.81. The van der Waals surface area contributed by atoms with Crippen LogP contribution >= 0.6 is 0 Å². The molecule has 1 amide bonds. The topological polar surface area (TPSA) is 77.6 Å². The molecule has 0 radical (unpaired) electrons. The van der Waals surface area contributed by atoms with Gasteiger partial charge in [-0.05, 0) is 39.7 Å². The van der Waals surface area contributed by atoms with Crippen LogP contribution in [0.25, 0.3) is 11.0 Å². The molecule has 1 aliphatic carbocycles. The molecule has 1 saturated carbocycles. The first-order valence-electron chi connectivity index (χ1n) is 9.79. The third-order valence-electron chi connectivity index (χ3n) is 5.61. The van der Waals surface area contributed by atoms with Crippen LogP contribution in [0.5, 0.6) is 0 Å². The van der Waals surface area contributed by atoms with Crippen molar-refractivity contribution < 1.29 is 18.0 Å². The molecule has 30 heavy (non-hydrogen) atoms. The Kier molecular flexibility index (Phi) is 4.82. The zero-order chi connectivity index (χ0) is 21.8. The van der Waals surface area contributed by atoms with Gasteiger partial charge >= 0.3 is 6.18 Å². The van der Waals surface area contributed by atoms with Crippen molar-refractivity contribution in [1.82, 2.24) is 29.9 Å². The molecule has 0 spiro atoms. The number of fused-ring (bicyclic) bond motifs is 1. The maximum Gasteiger partial charge on any atom is 0.417 e. The van der Waals surface area contributed by atoms with Gasteiger partial charge in [-0.2, -0.15) is 23.4 Å². The number of aromatic nitrogens is 5. The lowest BCUT2D eigenvalue weighted by molar-refractivity contribution is -0.136. The number of nitrogens with one attached hydrogen (secondary N) is 1. The SMILES string of the molecule is Cc1nn(CC(=O)N[C@H](C)c2cnn(C)c2C)c2nc(C3CC3)cc(C(F)(F)F)c12. The molecule has 10 heteroatoms. The molecule has 3 aromatic heterocycles. The highest BCUT2D eigenvalue weighted by Crippen LogP contribution is 2.43. The number of nitrogens with zero attached hydrogens (tertiary/aromatic N) is 5. The average molecular weight is 420 g/mol. The van der Waals surface area contributed by atoms with Gasteiger partial charge in [-0.15, -0.1) is 0 Å². The highest BCUT2D eigenvalue weighted by Gasteiger charge is 2.37. The fourth-order valence-electron chi connectivity index (χ4n) is 3.74. The maximum atomic E-state index is 13.7. The summed E-state index contributed by atoms with van der Waals surface area (Å²) in [5.41, 5.74) is 1.78. The number of carbonyl (C=O) groups excluding carboxylic acids is 1. The summed E-state index contributed by atoms with van der Waals surface area (Å²) in [6.45, 7) is 5.02. The number of alkyl halides is 3. The highest BCUT2D eigenvalue weighted by atomic mass is 19.4. The Morgan fingerprint density at radius 3 is 2.60 bits per heavy atom. The summed E-state index contributed by atoms with van der Waals surface area (Å²) in [5, 5.41) is 11.2. The van der Waals surface area contributed by atoms with E-state index in [2.05, 4.69) is 20.5 Å². The zero-order valence-corrected chi connectivity index (χ0v) is 17.2. The summed E-state index contributed by atoms with van der Waals surface area (Å²) in [6, 6.07) is 0.835. The molecule has 1 atom stereocenters. The fraction of sp³-hybridized carbons (Fsp3) is 0.500. The first-order valence-corrected chi connectivity index (χ1v) is 9.79. The second kappa shape index (κ2) is 7.10. The van der Waals surface area contributed by atoms with Gasteiger partial charge in [-0.25, -0.2) is 9.67 Å². The number of aryl methyl sites for hydroxylation is 2. The first-order chi connectivity index (χ1) is 14.1. The van der Waals surface area contributed by atoms with E-state index in [1.807, 2.05) is 20.9 Å². The Balaban J connectivity index is 1.65. The Hall–Kier alpha value is -2.91. The molecular formula is C20H23F3N6O. The average Bonchev–Trinajstić information content (AvgIpc) is 3.39. The minimum atomic E-state index is -4.52. The molecule has 3 heterocycles. The van der Waals surface area contributed by atoms with Crippen molar-refractivity contribution >= 4 is 16.9 Å². The van der Waals surface area contributed by atoms with E-state index < -0.39 is 11.7 Å². The predicted molar refractivity (Wildman–Crippen MR) is 104 cm³/mol. The standard InChI is InChI=1S/C20H23F3N6O/c1-10(14-8-24-28(4)12(14)3)25-17(30)9-29-19-18(11(2)27-29)15(20(21,22)23)7-16(26-19)13-5-6-13/h7-8,10,13H,5-6,9H2,1-4H3,(H,25,30)/t10-/m1/s1. The van der Waals surface area contributed by atoms with Crippen molar-refractivity contribution in [3.8, 4) is 0 Å². The summed E-state index contributed by atoms with van der Waals surface area (Å²) >= 11 is 0. The van der Waals surface area contributed by atoms with Gasteiger partial charge in [0.25, 0.3) is 0 Å². The van der Waals surface area contributed by atoms with Crippen molar-refractivity contribution in [2.75, 3.05) is 0 Å². The smallest absolute Gasteiger partial charge is 0.348 e. The van der Waals surface area contributed by atoms with E-state index in [1.54, 1.807) is 10.9 Å². The van der Waals surface area contributed by atoms with Crippen LogP contribution in [0.3, 0.4) is 0 Å². The number of amides is 1. The van der Waals surface area contributed by atoms with E-state index in [1.165, 1.54) is 11.6 Å². The normalized spacial score (nSPS) is 15.6. The molecule has 1 N–H and O–H groups in total. The monoisotopic (exact) mass is 420 g/mol. The van der Waals surface area contributed by atoms with E-state index >= 15 is 0 Å². The lowest BCUT2D eigenvalue weighted by Gasteiger charge is -2.14. The number of rotatable bonds is 5. The van der Waals surface area contributed by atoms with E-state index in [9.17, 15) is 18.0 Å². The zero-order valence-electron chi connectivity index (χ0n) is 17.2. The number of halogens is 3. The van der Waals surface area contributed by atoms with Crippen LogP contribution in [0.1, 0.15) is 59.9 Å². The van der Waals surface area contributed by atoms with Crippen molar-refractivity contribution in [3.63, 3.8) is 0 Å². The molecule has 4 rings (SSSR count). The van der Waals surface area contributed by atoms with Gasteiger partial charge in [0.1, 0.15) is 6.54 Å². The summed E-state index contributed by atoms with van der Waals surface area (Å²) in [6.07, 6.45) is -1.18. The molecular weight excluding hydrogens is 397 g/mol. The largest absolute Gasteiger partial charge is 0.417 e. The molecule has 0 saturated heterocycles. The summed E-state index contributed by atoms with van der Waals surface area (Å²) in [5.74, 6) is -0.316. The van der Waals surface area contributed by atoms with E-state index in [4.69, 9.17) is 0 Å². The van der Waals surface area contributed by atoms with Gasteiger partial charge in [0.2, 0.25) is 5.91 Å². The Labute approximate surface area is 171 Å². The van der Waals surface area contributed by atoms with Crippen LogP contribution in [0.15, 0.2) is 12.3 Å². The molecule has 0 unspecified atom stereocenters. The molecule has 1 aliphatic rings. The molecule has 7 nitrogen and oxygen atoms in total.